The summed E-state index contributed by atoms with van der Waals surface area (Å²) in [6.45, 7) is 44.5. The van der Waals surface area contributed by atoms with Crippen molar-refractivity contribution in [2.24, 2.45) is 0 Å². The van der Waals surface area contributed by atoms with Crippen LogP contribution in [0.25, 0.3) is 0 Å². The summed E-state index contributed by atoms with van der Waals surface area (Å²) in [7, 11) is 0. The van der Waals surface area contributed by atoms with Crippen LogP contribution in [0.15, 0.2) is 67.1 Å². The predicted molar refractivity (Wildman–Crippen MR) is 311 cm³/mol. The molecule has 0 atom stereocenters. The van der Waals surface area contributed by atoms with Crippen molar-refractivity contribution in [2.45, 2.75) is 183 Å². The van der Waals surface area contributed by atoms with E-state index in [-0.39, 0.29) is 43.9 Å². The quantitative estimate of drug-likeness (QED) is 0.134. The van der Waals surface area contributed by atoms with E-state index in [1.165, 1.54) is 21.3 Å². The van der Waals surface area contributed by atoms with Crippen molar-refractivity contribution >= 4 is 28.8 Å². The van der Waals surface area contributed by atoms with E-state index in [2.05, 4.69) is 148 Å². The molecule has 1 aliphatic heterocycles. The van der Waals surface area contributed by atoms with E-state index in [9.17, 15) is 4.79 Å². The van der Waals surface area contributed by atoms with Gasteiger partial charge in [0.2, 0.25) is 5.91 Å². The van der Waals surface area contributed by atoms with Crippen LogP contribution in [0.1, 0.15) is 212 Å². The van der Waals surface area contributed by atoms with Gasteiger partial charge in [0.25, 0.3) is 11.8 Å². The summed E-state index contributed by atoms with van der Waals surface area (Å²) in [5.74, 6) is 17.1. The van der Waals surface area contributed by atoms with Crippen LogP contribution in [-0.4, -0.2) is 52.5 Å². The van der Waals surface area contributed by atoms with Gasteiger partial charge in [-0.3, -0.25) is 4.79 Å². The van der Waals surface area contributed by atoms with Crippen LogP contribution in [0, 0.1) is 74.1 Å². The second kappa shape index (κ2) is 28.0. The lowest BCUT2D eigenvalue weighted by atomic mass is 9.88. The molecule has 1 aliphatic rings. The maximum atomic E-state index is 11.1. The van der Waals surface area contributed by atoms with Crippen LogP contribution in [-0.2, 0) is 37.3 Å². The van der Waals surface area contributed by atoms with E-state index in [4.69, 9.17) is 56.4 Å². The smallest absolute Gasteiger partial charge is 0.273 e. The molecule has 0 spiro atoms. The maximum absolute atomic E-state index is 11.1. The molecule has 404 valence electrons. The summed E-state index contributed by atoms with van der Waals surface area (Å²) in [6, 6.07) is 3.77. The fraction of sp³-hybridized carbons (Fsp3) is 0.468. The summed E-state index contributed by atoms with van der Waals surface area (Å²) in [6.07, 6.45) is 41.2. The van der Waals surface area contributed by atoms with Gasteiger partial charge in [-0.05, 0) is 90.1 Å². The molecule has 1 amide bonds. The van der Waals surface area contributed by atoms with E-state index in [0.717, 1.165) is 40.0 Å². The molecule has 0 saturated heterocycles. The number of carbonyl (C=O) groups excluding carboxylic acids is 1. The Kier molecular flexibility index (Phi) is 24.6. The largest absolute Gasteiger partial charge is 0.438 e. The Balaban J connectivity index is 0.000000443. The highest BCUT2D eigenvalue weighted by Crippen LogP contribution is 2.29. The van der Waals surface area contributed by atoms with Gasteiger partial charge in [-0.2, -0.15) is 4.37 Å². The number of nitrogens with zero attached hydrogens (tertiary/aromatic N) is 7. The average molecular weight is 1070 g/mol. The minimum atomic E-state index is -0.0272. The van der Waals surface area contributed by atoms with Crippen molar-refractivity contribution in [2.75, 3.05) is 6.54 Å². The Bertz CT molecular complexity index is 2690. The van der Waals surface area contributed by atoms with Crippen molar-refractivity contribution < 1.29 is 22.7 Å². The highest BCUT2D eigenvalue weighted by atomic mass is 32.1. The normalized spacial score (nSPS) is 12.1. The highest BCUT2D eigenvalue weighted by molar-refractivity contribution is 7.12. The molecule has 0 fully saturated rings. The molecule has 14 heteroatoms. The van der Waals surface area contributed by atoms with Gasteiger partial charge < -0.3 is 22.8 Å². The third-order valence-corrected chi connectivity index (χ3v) is 12.6. The molecule has 6 aromatic heterocycles. The second-order valence-corrected chi connectivity index (χ2v) is 26.1. The Hall–Kier alpha value is -7.33. The van der Waals surface area contributed by atoms with Gasteiger partial charge in [-0.25, -0.2) is 15.0 Å². The van der Waals surface area contributed by atoms with E-state index in [0.29, 0.717) is 23.2 Å². The van der Waals surface area contributed by atoms with Crippen LogP contribution in [0.5, 0.6) is 0 Å². The molecule has 12 nitrogen and oxygen atoms in total. The van der Waals surface area contributed by atoms with E-state index >= 15 is 0 Å². The molecular formula is C62H79N7O5S2. The molecular weight excluding hydrogens is 987 g/mol. The van der Waals surface area contributed by atoms with Crippen LogP contribution >= 0.6 is 22.9 Å². The third-order valence-electron chi connectivity index (χ3n) is 10.1. The van der Waals surface area contributed by atoms with Crippen molar-refractivity contribution in [3.05, 3.63) is 116 Å². The number of aromatic nitrogens is 6. The van der Waals surface area contributed by atoms with Gasteiger partial charge in [0, 0.05) is 62.0 Å². The molecule has 76 heavy (non-hydrogen) atoms. The molecule has 0 bridgehead atoms. The van der Waals surface area contributed by atoms with Gasteiger partial charge in [-0.1, -0.05) is 141 Å². The summed E-state index contributed by atoms with van der Waals surface area (Å²) in [4.78, 5) is 27.5. The van der Waals surface area contributed by atoms with E-state index < -0.39 is 0 Å². The van der Waals surface area contributed by atoms with E-state index in [1.54, 1.807) is 42.2 Å². The SMILES string of the molecule is C#Cc1cc(C(C)(C)C)on1.C#Cc1cc(C(C)(C)C)sn1.C#Cc1nc(C(C)(C)C)co1.C#Cc1ncc(C(C)(C)C)o1.C#Cc1ncc(C(C)(C)C)s1.C#Cc1nocc1C(C)(C)C.CC(C)(C)N1CC=CC1=O. The third kappa shape index (κ3) is 23.1. The zero-order chi connectivity index (χ0) is 58.7. The first-order valence-electron chi connectivity index (χ1n) is 24.3. The molecule has 0 saturated carbocycles. The van der Waals surface area contributed by atoms with Gasteiger partial charge in [0.05, 0.1) is 11.9 Å². The van der Waals surface area contributed by atoms with Crippen molar-refractivity contribution in [1.82, 2.24) is 34.5 Å². The molecule has 7 rings (SSSR count). The van der Waals surface area contributed by atoms with Crippen molar-refractivity contribution in [3.63, 3.8) is 0 Å². The van der Waals surface area contributed by atoms with Gasteiger partial charge in [-0.15, -0.1) is 49.9 Å². The minimum absolute atomic E-state index is 0.0118. The molecule has 0 aromatic carbocycles. The van der Waals surface area contributed by atoms with Crippen LogP contribution in [0.2, 0.25) is 0 Å². The number of amides is 1. The van der Waals surface area contributed by atoms with E-state index in [1.807, 2.05) is 85.6 Å². The van der Waals surface area contributed by atoms with Gasteiger partial charge in [0.1, 0.15) is 29.7 Å². The average Bonchev–Trinajstić information content (AvgIpc) is 4.17. The lowest BCUT2D eigenvalue weighted by Crippen LogP contribution is -2.42. The first kappa shape index (κ1) is 66.7. The molecule has 0 unspecified atom stereocenters. The highest BCUT2D eigenvalue weighted by Gasteiger charge is 2.27. The number of hydrogen-bond acceptors (Lipinski definition) is 13. The number of rotatable bonds is 0. The number of terminal acetylenes is 6. The van der Waals surface area contributed by atoms with Crippen molar-refractivity contribution in [1.29, 1.82) is 0 Å². The first-order chi connectivity index (χ1) is 34.8. The molecule has 6 aromatic rings. The molecule has 7 heterocycles. The predicted octanol–water partition coefficient (Wildman–Crippen LogP) is 13.8. The number of thiazole rings is 1. The minimum Gasteiger partial charge on any atom is -0.438 e. The standard InChI is InChI=1S/4C9H11NO.2C9H11NS.C8H13NO/c1-5-8-10-7(6-11-8)9(2,3)4;1-5-8-10-6-7(11-8)9(2,3)4;1-5-8-7(6-11-10-8)9(2,3)4;1-5-7-6-8(11-10-7)9(2,3)4;1-5-8-10-6-7(11-8)9(2,3)4;1-5-7-6-8(11-10-7)9(2,3)4;1-8(2,3)9-6-4-5-7(9)10/h6*1,6H,2-4H3;4-5H,6H2,1-3H3. The number of hydrogen-bond donors (Lipinski definition) is 0. The van der Waals surface area contributed by atoms with Gasteiger partial charge in [0.15, 0.2) is 16.4 Å². The summed E-state index contributed by atoms with van der Waals surface area (Å²) >= 11 is 3.08. The zero-order valence-corrected chi connectivity index (χ0v) is 50.4. The van der Waals surface area contributed by atoms with Crippen LogP contribution < -0.4 is 0 Å². The second-order valence-electron chi connectivity index (χ2n) is 24.2. The topological polar surface area (TPSA) is 150 Å². The maximum Gasteiger partial charge on any atom is 0.273 e. The Morgan fingerprint density at radius 2 is 1.16 bits per heavy atom. The fourth-order valence-electron chi connectivity index (χ4n) is 5.37. The Labute approximate surface area is 463 Å². The molecule has 0 aliphatic carbocycles. The first-order valence-corrected chi connectivity index (χ1v) is 25.9. The molecule has 0 radical (unpaired) electrons. The number of oxazole rings is 2. The fourth-order valence-corrected chi connectivity index (χ4v) is 6.89. The van der Waals surface area contributed by atoms with Crippen LogP contribution in [0.3, 0.4) is 0 Å². The zero-order valence-electron chi connectivity index (χ0n) is 48.8. The summed E-state index contributed by atoms with van der Waals surface area (Å²) in [5, 5.41) is 8.15. The Morgan fingerprint density at radius 3 is 1.43 bits per heavy atom. The monoisotopic (exact) mass is 1070 g/mol. The van der Waals surface area contributed by atoms with Gasteiger partial charge >= 0.3 is 0 Å². The Morgan fingerprint density at radius 1 is 0.579 bits per heavy atom. The number of carbonyl (C=O) groups is 1. The van der Waals surface area contributed by atoms with Crippen molar-refractivity contribution in [3.8, 4) is 74.1 Å². The molecule has 0 N–H and O–H groups in total. The lowest BCUT2D eigenvalue weighted by Gasteiger charge is -2.31. The summed E-state index contributed by atoms with van der Waals surface area (Å²) in [5.41, 5.74) is 4.13. The van der Waals surface area contributed by atoms with Crippen LogP contribution in [0.4, 0.5) is 0 Å². The lowest BCUT2D eigenvalue weighted by molar-refractivity contribution is -0.128. The summed E-state index contributed by atoms with van der Waals surface area (Å²) < 4.78 is 24.1.